The number of pyridine rings is 1. The molecule has 5 nitrogen and oxygen atoms in total. The molecule has 49 heavy (non-hydrogen) atoms. The highest BCUT2D eigenvalue weighted by Crippen LogP contribution is 2.34. The Bertz CT molecular complexity index is 2520. The first-order valence-electron chi connectivity index (χ1n) is 16.3. The van der Waals surface area contributed by atoms with Crippen molar-refractivity contribution in [2.45, 2.75) is 0 Å². The van der Waals surface area contributed by atoms with Crippen molar-refractivity contribution < 1.29 is 0 Å². The van der Waals surface area contributed by atoms with E-state index < -0.39 is 0 Å². The fourth-order valence-corrected chi connectivity index (χ4v) is 6.45. The Morgan fingerprint density at radius 3 is 1.49 bits per heavy atom. The molecule has 0 bridgehead atoms. The van der Waals surface area contributed by atoms with E-state index in [2.05, 4.69) is 114 Å². The largest absolute Gasteiger partial charge is 0.294 e. The van der Waals surface area contributed by atoms with E-state index in [1.54, 1.807) is 0 Å². The molecule has 9 aromatic rings. The zero-order valence-corrected chi connectivity index (χ0v) is 26.5. The van der Waals surface area contributed by atoms with Gasteiger partial charge >= 0.3 is 0 Å². The van der Waals surface area contributed by atoms with E-state index in [4.69, 9.17) is 19.9 Å². The van der Waals surface area contributed by atoms with Crippen LogP contribution in [0.3, 0.4) is 0 Å². The van der Waals surface area contributed by atoms with Crippen LogP contribution in [0, 0.1) is 0 Å². The quantitative estimate of drug-likeness (QED) is 0.184. The fraction of sp³-hybridized carbons (Fsp3) is 0. The lowest BCUT2D eigenvalue weighted by Gasteiger charge is -2.11. The normalized spacial score (nSPS) is 11.3. The molecule has 0 fully saturated rings. The molecule has 0 aliphatic carbocycles. The molecule has 230 valence electrons. The second-order valence-electron chi connectivity index (χ2n) is 12.0. The zero-order chi connectivity index (χ0) is 32.6. The van der Waals surface area contributed by atoms with Crippen molar-refractivity contribution in [3.63, 3.8) is 0 Å². The first kappa shape index (κ1) is 28.5. The molecule has 0 N–H and O–H groups in total. The van der Waals surface area contributed by atoms with Crippen molar-refractivity contribution in [2.24, 2.45) is 0 Å². The molecule has 9 rings (SSSR count). The topological polar surface area (TPSA) is 56.5 Å². The van der Waals surface area contributed by atoms with E-state index in [1.165, 1.54) is 11.1 Å². The molecule has 0 spiro atoms. The summed E-state index contributed by atoms with van der Waals surface area (Å²) >= 11 is 0. The first-order valence-corrected chi connectivity index (χ1v) is 16.3. The van der Waals surface area contributed by atoms with Crippen molar-refractivity contribution >= 4 is 21.9 Å². The maximum atomic E-state index is 5.29. The summed E-state index contributed by atoms with van der Waals surface area (Å²) in [6.07, 6.45) is 0. The number of nitrogens with zero attached hydrogens (tertiary/aromatic N) is 5. The lowest BCUT2D eigenvalue weighted by molar-refractivity contribution is 1.07. The Balaban J connectivity index is 1.18. The van der Waals surface area contributed by atoms with Gasteiger partial charge in [-0.05, 0) is 41.5 Å². The van der Waals surface area contributed by atoms with E-state index in [1.807, 2.05) is 66.7 Å². The predicted octanol–water partition coefficient (Wildman–Crippen LogP) is 10.7. The van der Waals surface area contributed by atoms with Crippen LogP contribution in [0.1, 0.15) is 0 Å². The van der Waals surface area contributed by atoms with Crippen LogP contribution in [0.15, 0.2) is 176 Å². The molecular formula is C44H29N5. The van der Waals surface area contributed by atoms with Crippen molar-refractivity contribution in [3.05, 3.63) is 176 Å². The van der Waals surface area contributed by atoms with Gasteiger partial charge < -0.3 is 0 Å². The van der Waals surface area contributed by atoms with Crippen molar-refractivity contribution in [3.8, 4) is 62.2 Å². The summed E-state index contributed by atoms with van der Waals surface area (Å²) in [5.41, 5.74) is 10.1. The van der Waals surface area contributed by atoms with Crippen molar-refractivity contribution in [1.29, 1.82) is 0 Å². The smallest absolute Gasteiger partial charge is 0.164 e. The van der Waals surface area contributed by atoms with Crippen LogP contribution in [-0.2, 0) is 0 Å². The van der Waals surface area contributed by atoms with Gasteiger partial charge in [-0.15, -0.1) is 0 Å². The Kier molecular flexibility index (Phi) is 7.06. The fourth-order valence-electron chi connectivity index (χ4n) is 6.45. The van der Waals surface area contributed by atoms with Crippen LogP contribution in [0.5, 0.6) is 0 Å². The monoisotopic (exact) mass is 627 g/mol. The second kappa shape index (κ2) is 12.1. The average Bonchev–Trinajstić information content (AvgIpc) is 3.52. The van der Waals surface area contributed by atoms with Gasteiger partial charge in [0.25, 0.3) is 0 Å². The van der Waals surface area contributed by atoms with E-state index in [9.17, 15) is 0 Å². The third kappa shape index (κ3) is 5.33. The summed E-state index contributed by atoms with van der Waals surface area (Å²) < 4.78 is 2.24. The lowest BCUT2D eigenvalue weighted by Crippen LogP contribution is -2.01. The second-order valence-corrected chi connectivity index (χ2v) is 12.0. The molecule has 0 amide bonds. The molecule has 3 aromatic heterocycles. The molecule has 0 saturated carbocycles. The van der Waals surface area contributed by atoms with Gasteiger partial charge in [0.1, 0.15) is 5.65 Å². The minimum Gasteiger partial charge on any atom is -0.294 e. The molecule has 0 aliphatic rings. The molecule has 0 atom stereocenters. The number of benzene rings is 6. The summed E-state index contributed by atoms with van der Waals surface area (Å²) in [7, 11) is 0. The molecule has 5 heteroatoms. The number of fused-ring (bicyclic) bond motifs is 3. The van der Waals surface area contributed by atoms with Gasteiger partial charge in [-0.2, -0.15) is 0 Å². The van der Waals surface area contributed by atoms with Crippen LogP contribution in [-0.4, -0.2) is 24.5 Å². The number of para-hydroxylation sites is 1. The molecule has 0 saturated heterocycles. The van der Waals surface area contributed by atoms with Crippen LogP contribution < -0.4 is 0 Å². The minimum atomic E-state index is 0.613. The van der Waals surface area contributed by atoms with Crippen molar-refractivity contribution in [2.75, 3.05) is 0 Å². The minimum absolute atomic E-state index is 0.613. The Labute approximate surface area is 283 Å². The van der Waals surface area contributed by atoms with Gasteiger partial charge in [-0.3, -0.25) is 4.57 Å². The van der Waals surface area contributed by atoms with Crippen LogP contribution in [0.4, 0.5) is 0 Å². The van der Waals surface area contributed by atoms with Crippen LogP contribution in [0.2, 0.25) is 0 Å². The third-order valence-corrected chi connectivity index (χ3v) is 8.87. The Morgan fingerprint density at radius 1 is 0.327 bits per heavy atom. The summed E-state index contributed by atoms with van der Waals surface area (Å²) in [4.78, 5) is 20.1. The SMILES string of the molecule is c1ccc(-c2ccc(-c3ccc4c5ccccc5n(-c5cccc(-c6nc(-c7ccccc7)nc(-c7ccccc7)n6)c5)c4n3)cc2)cc1. The maximum Gasteiger partial charge on any atom is 0.164 e. The van der Waals surface area contributed by atoms with Gasteiger partial charge in [0.15, 0.2) is 17.5 Å². The molecule has 0 unspecified atom stereocenters. The van der Waals surface area contributed by atoms with Gasteiger partial charge in [-0.1, -0.05) is 146 Å². The van der Waals surface area contributed by atoms with Crippen LogP contribution >= 0.6 is 0 Å². The maximum absolute atomic E-state index is 5.29. The van der Waals surface area contributed by atoms with Gasteiger partial charge in [-0.25, -0.2) is 19.9 Å². The molecule has 3 heterocycles. The zero-order valence-electron chi connectivity index (χ0n) is 26.5. The number of hydrogen-bond donors (Lipinski definition) is 0. The summed E-state index contributed by atoms with van der Waals surface area (Å²) in [5.74, 6) is 1.88. The summed E-state index contributed by atoms with van der Waals surface area (Å²) in [5, 5.41) is 2.25. The Hall–Kier alpha value is -6.72. The highest BCUT2D eigenvalue weighted by molar-refractivity contribution is 6.08. The predicted molar refractivity (Wildman–Crippen MR) is 199 cm³/mol. The molecule has 0 aliphatic heterocycles. The first-order chi connectivity index (χ1) is 24.3. The number of rotatable bonds is 6. The molecular weight excluding hydrogens is 599 g/mol. The summed E-state index contributed by atoms with van der Waals surface area (Å²) in [6, 6.07) is 60.4. The highest BCUT2D eigenvalue weighted by Gasteiger charge is 2.17. The molecule has 6 aromatic carbocycles. The number of aromatic nitrogens is 5. The Morgan fingerprint density at radius 2 is 0.837 bits per heavy atom. The summed E-state index contributed by atoms with van der Waals surface area (Å²) in [6.45, 7) is 0. The van der Waals surface area contributed by atoms with E-state index in [0.717, 1.165) is 55.6 Å². The van der Waals surface area contributed by atoms with Crippen LogP contribution in [0.25, 0.3) is 84.2 Å². The third-order valence-electron chi connectivity index (χ3n) is 8.87. The standard InChI is InChI=1S/C44H29N5/c1-4-13-30(14-5-1)31-23-25-32(26-24-31)39-28-27-38-37-21-10-11-22-40(37)49(44(38)45-39)36-20-12-19-35(29-36)43-47-41(33-15-6-2-7-16-33)46-42(48-43)34-17-8-3-9-18-34/h1-29H. The highest BCUT2D eigenvalue weighted by atomic mass is 15.1. The van der Waals surface area contributed by atoms with Gasteiger partial charge in [0.2, 0.25) is 0 Å². The average molecular weight is 628 g/mol. The van der Waals surface area contributed by atoms with E-state index >= 15 is 0 Å². The van der Waals surface area contributed by atoms with Gasteiger partial charge in [0, 0.05) is 38.7 Å². The molecule has 0 radical (unpaired) electrons. The number of hydrogen-bond acceptors (Lipinski definition) is 4. The van der Waals surface area contributed by atoms with E-state index in [0.29, 0.717) is 17.5 Å². The lowest BCUT2D eigenvalue weighted by atomic mass is 10.0. The van der Waals surface area contributed by atoms with Gasteiger partial charge in [0.05, 0.1) is 11.2 Å². The van der Waals surface area contributed by atoms with E-state index in [-0.39, 0.29) is 0 Å². The van der Waals surface area contributed by atoms with Crippen molar-refractivity contribution in [1.82, 2.24) is 24.5 Å².